The highest BCUT2D eigenvalue weighted by atomic mass is 35.5. The zero-order valence-electron chi connectivity index (χ0n) is 9.87. The van der Waals surface area contributed by atoms with Crippen molar-refractivity contribution in [2.24, 2.45) is 0 Å². The summed E-state index contributed by atoms with van der Waals surface area (Å²) in [4.78, 5) is 8.86. The molecule has 2 rings (SSSR count). The van der Waals surface area contributed by atoms with E-state index in [1.54, 1.807) is 0 Å². The Kier molecular flexibility index (Phi) is 3.59. The largest absolute Gasteiger partial charge is 0.373 e. The first-order valence-electron chi connectivity index (χ1n) is 5.55. The van der Waals surface area contributed by atoms with Crippen LogP contribution in [0.25, 0.3) is 11.3 Å². The average molecular weight is 248 g/mol. The molecule has 1 aromatic carbocycles. The molecule has 0 amide bonds. The van der Waals surface area contributed by atoms with E-state index in [0.717, 1.165) is 29.3 Å². The molecular formula is C13H14ClN3. The van der Waals surface area contributed by atoms with Crippen molar-refractivity contribution >= 4 is 17.4 Å². The van der Waals surface area contributed by atoms with Crippen LogP contribution >= 0.6 is 11.6 Å². The zero-order chi connectivity index (χ0) is 12.3. The standard InChI is InChI=1S/C13H14ClN3/c1-3-12-16-11(8-13(15-2)17-12)9-6-4-5-7-10(9)14/h4-8H,3H2,1-2H3,(H,15,16,17). The Bertz CT molecular complexity index is 504. The van der Waals surface area contributed by atoms with Gasteiger partial charge in [-0.05, 0) is 6.07 Å². The van der Waals surface area contributed by atoms with E-state index in [4.69, 9.17) is 11.6 Å². The van der Waals surface area contributed by atoms with Crippen LogP contribution in [0.1, 0.15) is 12.7 Å². The van der Waals surface area contributed by atoms with Crippen molar-refractivity contribution in [2.45, 2.75) is 13.3 Å². The lowest BCUT2D eigenvalue weighted by molar-refractivity contribution is 0.945. The Morgan fingerprint density at radius 1 is 1.24 bits per heavy atom. The van der Waals surface area contributed by atoms with E-state index in [-0.39, 0.29) is 0 Å². The number of halogens is 1. The molecule has 0 saturated heterocycles. The second-order valence-electron chi connectivity index (χ2n) is 3.64. The molecule has 2 aromatic rings. The zero-order valence-corrected chi connectivity index (χ0v) is 10.6. The van der Waals surface area contributed by atoms with Gasteiger partial charge in [0.1, 0.15) is 11.6 Å². The first kappa shape index (κ1) is 11.9. The fraction of sp³-hybridized carbons (Fsp3) is 0.231. The van der Waals surface area contributed by atoms with E-state index < -0.39 is 0 Å². The summed E-state index contributed by atoms with van der Waals surface area (Å²) in [6.45, 7) is 2.03. The van der Waals surface area contributed by atoms with Crippen LogP contribution in [0.2, 0.25) is 5.02 Å². The summed E-state index contributed by atoms with van der Waals surface area (Å²) in [5.74, 6) is 1.62. The van der Waals surface area contributed by atoms with Crippen LogP contribution < -0.4 is 5.32 Å². The normalized spacial score (nSPS) is 10.3. The van der Waals surface area contributed by atoms with Gasteiger partial charge in [0, 0.05) is 30.1 Å². The minimum Gasteiger partial charge on any atom is -0.373 e. The molecular weight excluding hydrogens is 234 g/mol. The molecule has 0 fully saturated rings. The van der Waals surface area contributed by atoms with E-state index >= 15 is 0 Å². The van der Waals surface area contributed by atoms with Gasteiger partial charge in [-0.25, -0.2) is 9.97 Å². The number of rotatable bonds is 3. The molecule has 0 spiro atoms. The van der Waals surface area contributed by atoms with E-state index in [1.165, 1.54) is 0 Å². The van der Waals surface area contributed by atoms with Gasteiger partial charge in [-0.2, -0.15) is 0 Å². The van der Waals surface area contributed by atoms with Crippen molar-refractivity contribution in [2.75, 3.05) is 12.4 Å². The predicted molar refractivity (Wildman–Crippen MR) is 71.4 cm³/mol. The molecule has 88 valence electrons. The SMILES string of the molecule is CCc1nc(NC)cc(-c2ccccc2Cl)n1. The van der Waals surface area contributed by atoms with Crippen LogP contribution in [0.5, 0.6) is 0 Å². The van der Waals surface area contributed by atoms with Gasteiger partial charge < -0.3 is 5.32 Å². The second-order valence-corrected chi connectivity index (χ2v) is 4.05. The summed E-state index contributed by atoms with van der Waals surface area (Å²) in [6, 6.07) is 9.59. The molecule has 0 unspecified atom stereocenters. The molecule has 3 nitrogen and oxygen atoms in total. The van der Waals surface area contributed by atoms with E-state index in [0.29, 0.717) is 5.02 Å². The summed E-state index contributed by atoms with van der Waals surface area (Å²) in [7, 11) is 1.85. The average Bonchev–Trinajstić information content (AvgIpc) is 2.38. The molecule has 4 heteroatoms. The topological polar surface area (TPSA) is 37.8 Å². The fourth-order valence-corrected chi connectivity index (χ4v) is 1.82. The van der Waals surface area contributed by atoms with Gasteiger partial charge in [0.15, 0.2) is 0 Å². The lowest BCUT2D eigenvalue weighted by atomic mass is 10.1. The number of nitrogens with one attached hydrogen (secondary N) is 1. The minimum absolute atomic E-state index is 0.704. The lowest BCUT2D eigenvalue weighted by Gasteiger charge is -2.08. The third-order valence-electron chi connectivity index (χ3n) is 2.49. The van der Waals surface area contributed by atoms with E-state index in [9.17, 15) is 0 Å². The van der Waals surface area contributed by atoms with Gasteiger partial charge in [-0.15, -0.1) is 0 Å². The molecule has 0 atom stereocenters. The Morgan fingerprint density at radius 3 is 2.65 bits per heavy atom. The highest BCUT2D eigenvalue weighted by Crippen LogP contribution is 2.27. The van der Waals surface area contributed by atoms with Gasteiger partial charge in [0.2, 0.25) is 0 Å². The number of nitrogens with zero attached hydrogens (tertiary/aromatic N) is 2. The molecule has 0 aliphatic carbocycles. The second kappa shape index (κ2) is 5.15. The van der Waals surface area contributed by atoms with Crippen LogP contribution in [-0.2, 0) is 6.42 Å². The summed E-state index contributed by atoms with van der Waals surface area (Å²) < 4.78 is 0. The van der Waals surface area contributed by atoms with Crippen molar-refractivity contribution in [1.29, 1.82) is 0 Å². The Labute approximate surface area is 106 Å². The number of aromatic nitrogens is 2. The Hall–Kier alpha value is -1.61. The molecule has 1 heterocycles. The van der Waals surface area contributed by atoms with Gasteiger partial charge in [0.05, 0.1) is 5.69 Å². The highest BCUT2D eigenvalue weighted by molar-refractivity contribution is 6.33. The summed E-state index contributed by atoms with van der Waals surface area (Å²) >= 11 is 6.17. The summed E-state index contributed by atoms with van der Waals surface area (Å²) in [5, 5.41) is 3.74. The fourth-order valence-electron chi connectivity index (χ4n) is 1.59. The maximum Gasteiger partial charge on any atom is 0.131 e. The number of anilines is 1. The molecule has 0 bridgehead atoms. The van der Waals surface area contributed by atoms with Gasteiger partial charge in [0.25, 0.3) is 0 Å². The van der Waals surface area contributed by atoms with Crippen LogP contribution in [0, 0.1) is 0 Å². The van der Waals surface area contributed by atoms with E-state index in [1.807, 2.05) is 44.3 Å². The number of hydrogen-bond donors (Lipinski definition) is 1. The summed E-state index contributed by atoms with van der Waals surface area (Å²) in [5.41, 5.74) is 1.79. The maximum absolute atomic E-state index is 6.17. The van der Waals surface area contributed by atoms with Crippen molar-refractivity contribution in [3.63, 3.8) is 0 Å². The van der Waals surface area contributed by atoms with Gasteiger partial charge in [-0.1, -0.05) is 36.7 Å². The lowest BCUT2D eigenvalue weighted by Crippen LogP contribution is -2.00. The Balaban J connectivity index is 2.55. The predicted octanol–water partition coefficient (Wildman–Crippen LogP) is 3.40. The Morgan fingerprint density at radius 2 is 2.00 bits per heavy atom. The molecule has 1 N–H and O–H groups in total. The van der Waals surface area contributed by atoms with Crippen molar-refractivity contribution in [1.82, 2.24) is 9.97 Å². The third kappa shape index (κ3) is 2.56. The number of benzene rings is 1. The minimum atomic E-state index is 0.704. The third-order valence-corrected chi connectivity index (χ3v) is 2.82. The van der Waals surface area contributed by atoms with Gasteiger partial charge in [-0.3, -0.25) is 0 Å². The molecule has 1 aromatic heterocycles. The van der Waals surface area contributed by atoms with Crippen LogP contribution in [0.3, 0.4) is 0 Å². The molecule has 17 heavy (non-hydrogen) atoms. The van der Waals surface area contributed by atoms with Crippen LogP contribution in [0.4, 0.5) is 5.82 Å². The molecule has 0 saturated carbocycles. The summed E-state index contributed by atoms with van der Waals surface area (Å²) in [6.07, 6.45) is 0.799. The first-order valence-corrected chi connectivity index (χ1v) is 5.93. The smallest absolute Gasteiger partial charge is 0.131 e. The van der Waals surface area contributed by atoms with Crippen LogP contribution in [-0.4, -0.2) is 17.0 Å². The maximum atomic E-state index is 6.17. The van der Waals surface area contributed by atoms with Crippen LogP contribution in [0.15, 0.2) is 30.3 Å². The van der Waals surface area contributed by atoms with Crippen molar-refractivity contribution in [3.8, 4) is 11.3 Å². The number of aryl methyl sites for hydroxylation is 1. The first-order chi connectivity index (χ1) is 8.24. The van der Waals surface area contributed by atoms with Crippen molar-refractivity contribution in [3.05, 3.63) is 41.2 Å². The molecule has 0 aliphatic heterocycles. The quantitative estimate of drug-likeness (QED) is 0.903. The van der Waals surface area contributed by atoms with Gasteiger partial charge >= 0.3 is 0 Å². The van der Waals surface area contributed by atoms with Crippen molar-refractivity contribution < 1.29 is 0 Å². The number of hydrogen-bond acceptors (Lipinski definition) is 3. The molecule has 0 radical (unpaired) electrons. The van der Waals surface area contributed by atoms with E-state index in [2.05, 4.69) is 15.3 Å². The molecule has 0 aliphatic rings. The highest BCUT2D eigenvalue weighted by Gasteiger charge is 2.07. The monoisotopic (exact) mass is 247 g/mol.